The Labute approximate surface area is 331 Å². The Balaban J connectivity index is 0.00000400. The van der Waals surface area contributed by atoms with Gasteiger partial charge in [-0.3, -0.25) is 5.04 Å². The standard InChI is InChI=1S/C24H24Cl2N10O8S2.2Na/c25-19-31-21(27-7-9-37)35-23(33-19)29-15-5-3-13(17(11-15)45-44-43-39)1-2-14-4-6-16(12-18(14)46(40,41)42)30-24-34-20(26)32-22(36-24)28-8-10-38;;/h1-6,11-12,37-39H,7-10H2,(H,40,41,42)(H2,27,29,31,33,35)(H2,28,30,32,34,36);;/q;2*+1/p-2/b2-1+;;. The van der Waals surface area contributed by atoms with Crippen LogP contribution >= 0.6 is 35.2 Å². The van der Waals surface area contributed by atoms with Gasteiger partial charge < -0.3 is 41.3 Å². The molecule has 2 aromatic carbocycles. The Morgan fingerprint density at radius 2 is 1.25 bits per heavy atom. The average molecular weight is 760 g/mol. The Kier molecular flexibility index (Phi) is 18.2. The van der Waals surface area contributed by atoms with E-state index >= 15 is 0 Å². The van der Waals surface area contributed by atoms with Crippen molar-refractivity contribution in [1.82, 2.24) is 29.9 Å². The van der Waals surface area contributed by atoms with Crippen LogP contribution in [0.3, 0.4) is 0 Å². The molecule has 48 heavy (non-hydrogen) atoms. The predicted molar refractivity (Wildman–Crippen MR) is 165 cm³/mol. The van der Waals surface area contributed by atoms with Crippen molar-refractivity contribution in [3.8, 4) is 0 Å². The van der Waals surface area contributed by atoms with E-state index in [1.807, 2.05) is 0 Å². The molecule has 4 aromatic rings. The number of anilines is 6. The molecule has 0 aliphatic rings. The molecule has 0 saturated heterocycles. The Morgan fingerprint density at radius 1 is 0.771 bits per heavy atom. The number of aromatic nitrogens is 6. The Hall–Kier alpha value is -1.96. The van der Waals surface area contributed by atoms with Crippen LogP contribution in [0.2, 0.25) is 10.6 Å². The van der Waals surface area contributed by atoms with Crippen LogP contribution in [0.1, 0.15) is 11.1 Å². The molecule has 0 bridgehead atoms. The van der Waals surface area contributed by atoms with Gasteiger partial charge in [-0.15, -0.1) is 0 Å². The summed E-state index contributed by atoms with van der Waals surface area (Å²) in [6.45, 7) is -0.0171. The zero-order valence-electron chi connectivity index (χ0n) is 25.0. The van der Waals surface area contributed by atoms with Gasteiger partial charge in [0.2, 0.25) is 34.4 Å². The number of benzene rings is 2. The minimum Gasteiger partial charge on any atom is -0.744 e. The van der Waals surface area contributed by atoms with Crippen molar-refractivity contribution >= 4 is 92.7 Å². The van der Waals surface area contributed by atoms with Gasteiger partial charge in [0, 0.05) is 29.4 Å². The van der Waals surface area contributed by atoms with E-state index < -0.39 is 15.0 Å². The zero-order chi connectivity index (χ0) is 33.1. The van der Waals surface area contributed by atoms with Crippen molar-refractivity contribution in [2.24, 2.45) is 0 Å². The van der Waals surface area contributed by atoms with Crippen LogP contribution in [-0.2, 0) is 19.5 Å². The molecule has 0 amide bonds. The molecule has 0 aliphatic carbocycles. The summed E-state index contributed by atoms with van der Waals surface area (Å²) in [5.41, 5.74) is 1.06. The molecule has 244 valence electrons. The van der Waals surface area contributed by atoms with E-state index in [0.717, 1.165) is 6.07 Å². The van der Waals surface area contributed by atoms with Crippen molar-refractivity contribution < 1.29 is 96.9 Å². The van der Waals surface area contributed by atoms with Gasteiger partial charge in [-0.25, -0.2) is 8.42 Å². The first-order chi connectivity index (χ1) is 22.1. The third-order valence-electron chi connectivity index (χ3n) is 5.41. The molecule has 0 fully saturated rings. The molecular weight excluding hydrogens is 737 g/mol. The van der Waals surface area contributed by atoms with Gasteiger partial charge in [0.25, 0.3) is 0 Å². The molecule has 0 unspecified atom stereocenters. The SMILES string of the molecule is O=S(=O)([O-])c1cc(Nc2nc(Cl)nc(NCCO)n2)ccc1/C=C/c1ccc(Nc2nc(Cl)nc(NCCO)n2)cc1SOO[O-].[Na+].[Na+]. The van der Waals surface area contributed by atoms with Crippen LogP contribution in [0.4, 0.5) is 35.2 Å². The quantitative estimate of drug-likeness (QED) is 0.0159. The summed E-state index contributed by atoms with van der Waals surface area (Å²) < 4.78 is 41.1. The zero-order valence-corrected chi connectivity index (χ0v) is 32.2. The molecule has 0 radical (unpaired) electrons. The molecule has 0 atom stereocenters. The van der Waals surface area contributed by atoms with Crippen molar-refractivity contribution in [3.63, 3.8) is 0 Å². The van der Waals surface area contributed by atoms with Crippen LogP contribution in [0.5, 0.6) is 0 Å². The second-order valence-corrected chi connectivity index (χ2v) is 11.3. The van der Waals surface area contributed by atoms with E-state index in [9.17, 15) is 18.2 Å². The van der Waals surface area contributed by atoms with E-state index in [2.05, 4.69) is 60.5 Å². The maximum absolute atomic E-state index is 12.2. The average Bonchev–Trinajstić information content (AvgIpc) is 3.00. The van der Waals surface area contributed by atoms with E-state index in [-0.39, 0.29) is 131 Å². The normalized spacial score (nSPS) is 11.0. The van der Waals surface area contributed by atoms with Crippen LogP contribution in [0.25, 0.3) is 12.2 Å². The van der Waals surface area contributed by atoms with Crippen molar-refractivity contribution in [1.29, 1.82) is 0 Å². The van der Waals surface area contributed by atoms with Crippen molar-refractivity contribution in [2.75, 3.05) is 47.6 Å². The predicted octanol–water partition coefficient (Wildman–Crippen LogP) is -4.03. The van der Waals surface area contributed by atoms with Crippen LogP contribution in [0.15, 0.2) is 46.2 Å². The second kappa shape index (κ2) is 20.7. The molecule has 6 N–H and O–H groups in total. The Morgan fingerprint density at radius 3 is 1.75 bits per heavy atom. The first-order valence-corrected chi connectivity index (χ1v) is 15.6. The van der Waals surface area contributed by atoms with Gasteiger partial charge in [-0.05, 0) is 58.6 Å². The van der Waals surface area contributed by atoms with Crippen LogP contribution in [-0.4, -0.2) is 79.4 Å². The van der Waals surface area contributed by atoms with E-state index in [4.69, 9.17) is 33.4 Å². The Bertz CT molecular complexity index is 1820. The molecule has 24 heteroatoms. The smallest absolute Gasteiger partial charge is 0.744 e. The van der Waals surface area contributed by atoms with Gasteiger partial charge in [0.05, 0.1) is 30.2 Å². The molecule has 0 spiro atoms. The number of aliphatic hydroxyl groups is 2. The van der Waals surface area contributed by atoms with Crippen LogP contribution < -0.4 is 85.6 Å². The van der Waals surface area contributed by atoms with Gasteiger partial charge in [-0.1, -0.05) is 24.3 Å². The fourth-order valence-corrected chi connectivity index (χ4v) is 5.11. The van der Waals surface area contributed by atoms with Gasteiger partial charge in [0.15, 0.2) is 0 Å². The summed E-state index contributed by atoms with van der Waals surface area (Å²) in [7, 11) is -4.97. The number of rotatable bonds is 16. The third-order valence-corrected chi connectivity index (χ3v) is 7.30. The number of nitrogens with zero attached hydrogens (tertiary/aromatic N) is 6. The first kappa shape index (κ1) is 42.2. The van der Waals surface area contributed by atoms with Crippen molar-refractivity contribution in [2.45, 2.75) is 9.79 Å². The maximum atomic E-state index is 12.2. The van der Waals surface area contributed by atoms with E-state index in [0.29, 0.717) is 28.2 Å². The summed E-state index contributed by atoms with van der Waals surface area (Å²) in [5, 5.41) is 42.9. The summed E-state index contributed by atoms with van der Waals surface area (Å²) in [6.07, 6.45) is 2.86. The van der Waals surface area contributed by atoms with E-state index in [1.54, 1.807) is 18.2 Å². The minimum absolute atomic E-state index is 0. The molecular formula is C24H22Cl2N10Na2O8S2. The summed E-state index contributed by atoms with van der Waals surface area (Å²) in [5.74, 6) is 0.199. The number of nitrogens with one attached hydrogen (secondary N) is 4. The molecule has 4 rings (SSSR count). The summed E-state index contributed by atoms with van der Waals surface area (Å²) in [6, 6.07) is 8.71. The van der Waals surface area contributed by atoms with E-state index in [1.165, 1.54) is 24.3 Å². The van der Waals surface area contributed by atoms with Crippen LogP contribution in [0, 0.1) is 0 Å². The fraction of sp³-hybridized carbons (Fsp3) is 0.167. The third kappa shape index (κ3) is 13.1. The summed E-state index contributed by atoms with van der Waals surface area (Å²) in [4.78, 5) is 23.7. The minimum atomic E-state index is -4.97. The maximum Gasteiger partial charge on any atom is 1.00 e. The molecule has 0 saturated carbocycles. The second-order valence-electron chi connectivity index (χ2n) is 8.57. The van der Waals surface area contributed by atoms with Gasteiger partial charge in [0.1, 0.15) is 10.1 Å². The summed E-state index contributed by atoms with van der Waals surface area (Å²) >= 11 is 12.4. The monoisotopic (exact) mass is 758 g/mol. The van der Waals surface area contributed by atoms with Crippen molar-refractivity contribution in [3.05, 3.63) is 58.1 Å². The van der Waals surface area contributed by atoms with Gasteiger partial charge >= 0.3 is 59.1 Å². The fourth-order valence-electron chi connectivity index (χ4n) is 3.58. The number of hydrogen-bond acceptors (Lipinski definition) is 19. The first-order valence-electron chi connectivity index (χ1n) is 12.7. The molecule has 2 aromatic heterocycles. The topological polar surface area (TPSA) is 265 Å². The molecule has 0 aliphatic heterocycles. The number of aliphatic hydroxyl groups excluding tert-OH is 2. The number of hydrogen-bond donors (Lipinski definition) is 6. The largest absolute Gasteiger partial charge is 1.00 e. The number of halogens is 2. The molecule has 18 nitrogen and oxygen atoms in total. The van der Waals surface area contributed by atoms with Gasteiger partial charge in [-0.2, -0.15) is 34.2 Å². The molecule has 2 heterocycles.